The van der Waals surface area contributed by atoms with Crippen molar-refractivity contribution in [2.24, 2.45) is 5.92 Å². The number of ether oxygens (including phenoxy) is 1. The van der Waals surface area contributed by atoms with Crippen molar-refractivity contribution in [3.05, 3.63) is 0 Å². The third-order valence-electron chi connectivity index (χ3n) is 4.25. The summed E-state index contributed by atoms with van der Waals surface area (Å²) < 4.78 is 5.58. The molecule has 0 spiro atoms. The molecular formula is C15H27NO2. The van der Waals surface area contributed by atoms with Gasteiger partial charge in [0.15, 0.2) is 0 Å². The normalized spacial score (nSPS) is 24.6. The van der Waals surface area contributed by atoms with Gasteiger partial charge in [-0.25, -0.2) is 0 Å². The standard InChI is InChI=1S/C15H27NO2/c17-15(12-13-6-1-2-7-13)16-10-4-3-8-14-9-5-11-18-14/h13-14H,1-12H2,(H,16,17)/t14-/m0/s1. The number of hydrogen-bond donors (Lipinski definition) is 1. The van der Waals surface area contributed by atoms with Crippen LogP contribution < -0.4 is 5.32 Å². The summed E-state index contributed by atoms with van der Waals surface area (Å²) in [6.45, 7) is 1.79. The number of amides is 1. The number of unbranched alkanes of at least 4 members (excludes halogenated alkanes) is 1. The summed E-state index contributed by atoms with van der Waals surface area (Å²) in [5, 5.41) is 3.06. The maximum atomic E-state index is 11.7. The molecule has 18 heavy (non-hydrogen) atoms. The van der Waals surface area contributed by atoms with Crippen molar-refractivity contribution in [3.8, 4) is 0 Å². The van der Waals surface area contributed by atoms with Crippen LogP contribution in [0.3, 0.4) is 0 Å². The molecule has 2 fully saturated rings. The van der Waals surface area contributed by atoms with Gasteiger partial charge in [-0.3, -0.25) is 4.79 Å². The van der Waals surface area contributed by atoms with Gasteiger partial charge in [-0.15, -0.1) is 0 Å². The van der Waals surface area contributed by atoms with Crippen molar-refractivity contribution in [2.45, 2.75) is 70.3 Å². The van der Waals surface area contributed by atoms with Gasteiger partial charge < -0.3 is 10.1 Å². The van der Waals surface area contributed by atoms with Crippen LogP contribution >= 0.6 is 0 Å². The molecule has 0 aromatic heterocycles. The molecule has 0 aromatic carbocycles. The zero-order valence-electron chi connectivity index (χ0n) is 11.5. The summed E-state index contributed by atoms with van der Waals surface area (Å²) in [4.78, 5) is 11.7. The fraction of sp³-hybridized carbons (Fsp3) is 0.933. The average Bonchev–Trinajstić information content (AvgIpc) is 3.01. The molecular weight excluding hydrogens is 226 g/mol. The summed E-state index contributed by atoms with van der Waals surface area (Å²) in [7, 11) is 0. The van der Waals surface area contributed by atoms with Crippen LogP contribution in [0.1, 0.15) is 64.2 Å². The molecule has 2 rings (SSSR count). The minimum absolute atomic E-state index is 0.263. The summed E-state index contributed by atoms with van der Waals surface area (Å²) in [6.07, 6.45) is 12.3. The molecule has 2 aliphatic rings. The van der Waals surface area contributed by atoms with Crippen LogP contribution in [0.2, 0.25) is 0 Å². The van der Waals surface area contributed by atoms with Crippen molar-refractivity contribution in [1.29, 1.82) is 0 Å². The zero-order valence-corrected chi connectivity index (χ0v) is 11.5. The van der Waals surface area contributed by atoms with Crippen LogP contribution in [0.4, 0.5) is 0 Å². The Morgan fingerprint density at radius 3 is 2.67 bits per heavy atom. The minimum Gasteiger partial charge on any atom is -0.378 e. The average molecular weight is 253 g/mol. The summed E-state index contributed by atoms with van der Waals surface area (Å²) in [5.41, 5.74) is 0. The van der Waals surface area contributed by atoms with E-state index in [1.54, 1.807) is 0 Å². The van der Waals surface area contributed by atoms with E-state index in [0.717, 1.165) is 26.0 Å². The van der Waals surface area contributed by atoms with Gasteiger partial charge in [-0.2, -0.15) is 0 Å². The lowest BCUT2D eigenvalue weighted by atomic mass is 10.0. The Labute approximate surface area is 111 Å². The van der Waals surface area contributed by atoms with E-state index in [1.807, 2.05) is 0 Å². The molecule has 1 saturated carbocycles. The lowest BCUT2D eigenvalue weighted by molar-refractivity contribution is -0.121. The lowest BCUT2D eigenvalue weighted by Crippen LogP contribution is -2.26. The number of nitrogens with one attached hydrogen (secondary N) is 1. The molecule has 0 radical (unpaired) electrons. The maximum Gasteiger partial charge on any atom is 0.220 e. The Balaban J connectivity index is 1.43. The van der Waals surface area contributed by atoms with Crippen molar-refractivity contribution in [1.82, 2.24) is 5.32 Å². The van der Waals surface area contributed by atoms with Gasteiger partial charge in [0.1, 0.15) is 0 Å². The molecule has 1 amide bonds. The first-order valence-electron chi connectivity index (χ1n) is 7.73. The largest absolute Gasteiger partial charge is 0.378 e. The Kier molecular flexibility index (Phi) is 5.98. The second kappa shape index (κ2) is 7.78. The molecule has 0 unspecified atom stereocenters. The van der Waals surface area contributed by atoms with Gasteiger partial charge in [0.05, 0.1) is 6.10 Å². The van der Waals surface area contributed by atoms with Crippen molar-refractivity contribution < 1.29 is 9.53 Å². The predicted octanol–water partition coefficient (Wildman–Crippen LogP) is 3.03. The number of carbonyl (C=O) groups excluding carboxylic acids is 1. The molecule has 1 N–H and O–H groups in total. The zero-order chi connectivity index (χ0) is 12.6. The van der Waals surface area contributed by atoms with Gasteiger partial charge in [0, 0.05) is 19.6 Å². The van der Waals surface area contributed by atoms with Gasteiger partial charge in [-0.1, -0.05) is 12.8 Å². The minimum atomic E-state index is 0.263. The van der Waals surface area contributed by atoms with E-state index >= 15 is 0 Å². The highest BCUT2D eigenvalue weighted by molar-refractivity contribution is 5.76. The highest BCUT2D eigenvalue weighted by Crippen LogP contribution is 2.27. The second-order valence-electron chi connectivity index (χ2n) is 5.84. The van der Waals surface area contributed by atoms with Crippen molar-refractivity contribution >= 4 is 5.91 Å². The van der Waals surface area contributed by atoms with Gasteiger partial charge >= 0.3 is 0 Å². The van der Waals surface area contributed by atoms with Crippen LogP contribution in [0, 0.1) is 5.92 Å². The molecule has 1 aliphatic carbocycles. The van der Waals surface area contributed by atoms with Crippen molar-refractivity contribution in [2.75, 3.05) is 13.2 Å². The third kappa shape index (κ3) is 4.97. The molecule has 0 bridgehead atoms. The third-order valence-corrected chi connectivity index (χ3v) is 4.25. The first kappa shape index (κ1) is 13.9. The molecule has 1 heterocycles. The second-order valence-corrected chi connectivity index (χ2v) is 5.84. The predicted molar refractivity (Wildman–Crippen MR) is 72.4 cm³/mol. The quantitative estimate of drug-likeness (QED) is 0.708. The van der Waals surface area contributed by atoms with E-state index in [2.05, 4.69) is 5.32 Å². The van der Waals surface area contributed by atoms with Crippen LogP contribution in [-0.2, 0) is 9.53 Å². The monoisotopic (exact) mass is 253 g/mol. The highest BCUT2D eigenvalue weighted by atomic mass is 16.5. The fourth-order valence-corrected chi connectivity index (χ4v) is 3.15. The molecule has 3 nitrogen and oxygen atoms in total. The maximum absolute atomic E-state index is 11.7. The van der Waals surface area contributed by atoms with Gasteiger partial charge in [-0.05, 0) is 50.9 Å². The van der Waals surface area contributed by atoms with E-state index < -0.39 is 0 Å². The van der Waals surface area contributed by atoms with Crippen LogP contribution in [0.25, 0.3) is 0 Å². The van der Waals surface area contributed by atoms with Gasteiger partial charge in [0.25, 0.3) is 0 Å². The summed E-state index contributed by atoms with van der Waals surface area (Å²) in [5.74, 6) is 0.927. The van der Waals surface area contributed by atoms with E-state index in [4.69, 9.17) is 4.74 Å². The molecule has 0 aromatic rings. The Hall–Kier alpha value is -0.570. The molecule has 1 aliphatic heterocycles. The van der Waals surface area contributed by atoms with Crippen LogP contribution in [0.5, 0.6) is 0 Å². The topological polar surface area (TPSA) is 38.3 Å². The Morgan fingerprint density at radius 1 is 1.11 bits per heavy atom. The molecule has 1 saturated heterocycles. The lowest BCUT2D eigenvalue weighted by Gasteiger charge is -2.11. The van der Waals surface area contributed by atoms with Crippen molar-refractivity contribution in [3.63, 3.8) is 0 Å². The SMILES string of the molecule is O=C(CC1CCCC1)NCCCC[C@H]1CCCO1. The Morgan fingerprint density at radius 2 is 1.94 bits per heavy atom. The van der Waals surface area contributed by atoms with E-state index in [1.165, 1.54) is 51.4 Å². The molecule has 1 atom stereocenters. The van der Waals surface area contributed by atoms with Gasteiger partial charge in [0.2, 0.25) is 5.91 Å². The van der Waals surface area contributed by atoms with E-state index in [9.17, 15) is 4.79 Å². The fourth-order valence-electron chi connectivity index (χ4n) is 3.15. The van der Waals surface area contributed by atoms with E-state index in [0.29, 0.717) is 12.0 Å². The summed E-state index contributed by atoms with van der Waals surface area (Å²) in [6, 6.07) is 0. The van der Waals surface area contributed by atoms with E-state index in [-0.39, 0.29) is 5.91 Å². The smallest absolute Gasteiger partial charge is 0.220 e. The number of rotatable bonds is 7. The first-order chi connectivity index (χ1) is 8.84. The summed E-state index contributed by atoms with van der Waals surface area (Å²) >= 11 is 0. The Bertz CT molecular complexity index is 243. The van der Waals surface area contributed by atoms with Crippen LogP contribution in [-0.4, -0.2) is 25.2 Å². The molecule has 104 valence electrons. The highest BCUT2D eigenvalue weighted by Gasteiger charge is 2.18. The van der Waals surface area contributed by atoms with Crippen LogP contribution in [0.15, 0.2) is 0 Å². The molecule has 3 heteroatoms. The number of hydrogen-bond acceptors (Lipinski definition) is 2. The number of carbonyl (C=O) groups is 1. The first-order valence-corrected chi connectivity index (χ1v) is 7.73.